The quantitative estimate of drug-likeness (QED) is 0.887. The van der Waals surface area contributed by atoms with E-state index in [-0.39, 0.29) is 5.91 Å². The van der Waals surface area contributed by atoms with Crippen LogP contribution in [0.3, 0.4) is 0 Å². The number of hydrogen-bond donors (Lipinski definition) is 1. The number of aromatic nitrogens is 3. The van der Waals surface area contributed by atoms with Gasteiger partial charge in [-0.25, -0.2) is 9.97 Å². The lowest BCUT2D eigenvalue weighted by molar-refractivity contribution is 0.0747. The third-order valence-electron chi connectivity index (χ3n) is 4.57. The number of rotatable bonds is 4. The zero-order valence-electron chi connectivity index (χ0n) is 16.0. The van der Waals surface area contributed by atoms with Crippen molar-refractivity contribution in [3.05, 3.63) is 28.8 Å². The Bertz CT molecular complexity index is 795. The minimum Gasteiger partial charge on any atom is -0.378 e. The molecule has 0 radical (unpaired) electrons. The molecule has 0 saturated carbocycles. The molecule has 26 heavy (non-hydrogen) atoms. The SMILES string of the molecule is CNc1snc(C)c1C(=O)N1CCN(c2cc(C)nc(C(C)C)n2)CC1. The van der Waals surface area contributed by atoms with Crippen LogP contribution < -0.4 is 10.2 Å². The molecule has 0 aliphatic carbocycles. The summed E-state index contributed by atoms with van der Waals surface area (Å²) in [6.45, 7) is 11.0. The van der Waals surface area contributed by atoms with Crippen LogP contribution in [0.25, 0.3) is 0 Å². The van der Waals surface area contributed by atoms with Gasteiger partial charge in [-0.15, -0.1) is 0 Å². The van der Waals surface area contributed by atoms with E-state index in [9.17, 15) is 4.79 Å². The molecule has 0 spiro atoms. The Kier molecular flexibility index (Phi) is 5.41. The monoisotopic (exact) mass is 374 g/mol. The molecule has 0 aromatic carbocycles. The summed E-state index contributed by atoms with van der Waals surface area (Å²) in [6.07, 6.45) is 0. The van der Waals surface area contributed by atoms with Gasteiger partial charge in [0.15, 0.2) is 0 Å². The Hall–Kier alpha value is -2.22. The number of amides is 1. The van der Waals surface area contributed by atoms with Crippen molar-refractivity contribution in [3.63, 3.8) is 0 Å². The molecule has 1 N–H and O–H groups in total. The first-order chi connectivity index (χ1) is 12.4. The van der Waals surface area contributed by atoms with E-state index in [4.69, 9.17) is 4.98 Å². The lowest BCUT2D eigenvalue weighted by Gasteiger charge is -2.35. The third kappa shape index (κ3) is 3.65. The summed E-state index contributed by atoms with van der Waals surface area (Å²) in [5.41, 5.74) is 2.47. The summed E-state index contributed by atoms with van der Waals surface area (Å²) in [7, 11) is 1.82. The maximum Gasteiger partial charge on any atom is 0.258 e. The van der Waals surface area contributed by atoms with Gasteiger partial charge < -0.3 is 15.1 Å². The maximum absolute atomic E-state index is 12.9. The summed E-state index contributed by atoms with van der Waals surface area (Å²) in [5, 5.41) is 3.91. The number of carbonyl (C=O) groups is 1. The molecule has 0 bridgehead atoms. The van der Waals surface area contributed by atoms with Crippen LogP contribution >= 0.6 is 11.5 Å². The fraction of sp³-hybridized carbons (Fsp3) is 0.556. The number of nitrogens with one attached hydrogen (secondary N) is 1. The van der Waals surface area contributed by atoms with Gasteiger partial charge in [0.1, 0.15) is 16.6 Å². The highest BCUT2D eigenvalue weighted by atomic mass is 32.1. The van der Waals surface area contributed by atoms with Crippen LogP contribution in [0.15, 0.2) is 6.07 Å². The second-order valence-electron chi connectivity index (χ2n) is 6.88. The van der Waals surface area contributed by atoms with Crippen molar-refractivity contribution in [3.8, 4) is 0 Å². The Morgan fingerprint density at radius 2 is 1.88 bits per heavy atom. The molecular formula is C18H26N6OS. The van der Waals surface area contributed by atoms with Gasteiger partial charge in [-0.1, -0.05) is 13.8 Å². The standard InChI is InChI=1S/C18H26N6OS/c1-11(2)16-20-12(3)10-14(21-16)23-6-8-24(9-7-23)18(25)15-13(4)22-26-17(15)19-5/h10-11,19H,6-9H2,1-5H3. The fourth-order valence-corrected chi connectivity index (χ4v) is 3.82. The van der Waals surface area contributed by atoms with E-state index >= 15 is 0 Å². The van der Waals surface area contributed by atoms with Crippen molar-refractivity contribution in [2.75, 3.05) is 43.4 Å². The fourth-order valence-electron chi connectivity index (χ4n) is 3.08. The van der Waals surface area contributed by atoms with Gasteiger partial charge in [-0.3, -0.25) is 4.79 Å². The molecule has 3 heterocycles. The Morgan fingerprint density at radius 1 is 1.19 bits per heavy atom. The zero-order chi connectivity index (χ0) is 18.8. The van der Waals surface area contributed by atoms with E-state index in [1.54, 1.807) is 0 Å². The van der Waals surface area contributed by atoms with Crippen molar-refractivity contribution in [2.45, 2.75) is 33.6 Å². The lowest BCUT2D eigenvalue weighted by Crippen LogP contribution is -2.49. The van der Waals surface area contributed by atoms with Crippen LogP contribution in [0.5, 0.6) is 0 Å². The number of carbonyl (C=O) groups excluding carboxylic acids is 1. The molecule has 1 fully saturated rings. The number of piperazine rings is 1. The molecule has 1 aliphatic heterocycles. The van der Waals surface area contributed by atoms with Gasteiger partial charge >= 0.3 is 0 Å². The summed E-state index contributed by atoms with van der Waals surface area (Å²) in [5.74, 6) is 2.18. The summed E-state index contributed by atoms with van der Waals surface area (Å²) >= 11 is 1.34. The predicted molar refractivity (Wildman–Crippen MR) is 105 cm³/mol. The number of aryl methyl sites for hydroxylation is 2. The average Bonchev–Trinajstić information content (AvgIpc) is 3.01. The van der Waals surface area contributed by atoms with Crippen LogP contribution in [0.1, 0.15) is 47.3 Å². The van der Waals surface area contributed by atoms with Gasteiger partial charge in [0.2, 0.25) is 0 Å². The molecule has 2 aromatic heterocycles. The third-order valence-corrected chi connectivity index (χ3v) is 5.52. The number of nitrogens with zero attached hydrogens (tertiary/aromatic N) is 5. The van der Waals surface area contributed by atoms with E-state index in [1.807, 2.05) is 31.9 Å². The van der Waals surface area contributed by atoms with Crippen LogP contribution in [-0.2, 0) is 0 Å². The van der Waals surface area contributed by atoms with E-state index in [2.05, 4.69) is 33.4 Å². The van der Waals surface area contributed by atoms with Gasteiger partial charge in [0.25, 0.3) is 5.91 Å². The molecule has 1 amide bonds. The smallest absolute Gasteiger partial charge is 0.258 e. The first-order valence-corrected chi connectivity index (χ1v) is 9.72. The molecule has 7 nitrogen and oxygen atoms in total. The van der Waals surface area contributed by atoms with Crippen LogP contribution in [0.4, 0.5) is 10.8 Å². The highest BCUT2D eigenvalue weighted by molar-refractivity contribution is 7.10. The van der Waals surface area contributed by atoms with E-state index < -0.39 is 0 Å². The Morgan fingerprint density at radius 3 is 2.50 bits per heavy atom. The maximum atomic E-state index is 12.9. The molecule has 1 saturated heterocycles. The first kappa shape index (κ1) is 18.6. The zero-order valence-corrected chi connectivity index (χ0v) is 16.9. The van der Waals surface area contributed by atoms with Crippen molar-refractivity contribution < 1.29 is 4.79 Å². The summed E-state index contributed by atoms with van der Waals surface area (Å²) < 4.78 is 4.31. The normalized spacial score (nSPS) is 14.8. The van der Waals surface area contributed by atoms with Gasteiger partial charge in [0.05, 0.1) is 11.3 Å². The van der Waals surface area contributed by atoms with Crippen molar-refractivity contribution >= 4 is 28.3 Å². The van der Waals surface area contributed by atoms with E-state index in [1.165, 1.54) is 11.5 Å². The molecule has 8 heteroatoms. The average molecular weight is 375 g/mol. The Labute approximate surface area is 158 Å². The molecular weight excluding hydrogens is 348 g/mol. The van der Waals surface area contributed by atoms with E-state index in [0.29, 0.717) is 24.6 Å². The van der Waals surface area contributed by atoms with Gasteiger partial charge in [-0.2, -0.15) is 4.37 Å². The molecule has 0 unspecified atom stereocenters. The van der Waals surface area contributed by atoms with Crippen molar-refractivity contribution in [2.24, 2.45) is 0 Å². The topological polar surface area (TPSA) is 74.2 Å². The number of hydrogen-bond acceptors (Lipinski definition) is 7. The molecule has 2 aromatic rings. The molecule has 0 atom stereocenters. The molecule has 3 rings (SSSR count). The largest absolute Gasteiger partial charge is 0.378 e. The van der Waals surface area contributed by atoms with Crippen LogP contribution in [0.2, 0.25) is 0 Å². The minimum absolute atomic E-state index is 0.0574. The first-order valence-electron chi connectivity index (χ1n) is 8.94. The predicted octanol–water partition coefficient (Wildman–Crippen LogP) is 2.68. The van der Waals surface area contributed by atoms with Crippen molar-refractivity contribution in [1.82, 2.24) is 19.2 Å². The van der Waals surface area contributed by atoms with Gasteiger partial charge in [-0.05, 0) is 25.4 Å². The second kappa shape index (κ2) is 7.57. The summed E-state index contributed by atoms with van der Waals surface area (Å²) in [6, 6.07) is 2.02. The Balaban J connectivity index is 1.71. The highest BCUT2D eigenvalue weighted by Crippen LogP contribution is 2.26. The lowest BCUT2D eigenvalue weighted by atomic mass is 10.2. The van der Waals surface area contributed by atoms with Crippen LogP contribution in [-0.4, -0.2) is 58.4 Å². The molecule has 140 valence electrons. The number of anilines is 2. The van der Waals surface area contributed by atoms with E-state index in [0.717, 1.165) is 41.1 Å². The minimum atomic E-state index is 0.0574. The van der Waals surface area contributed by atoms with Gasteiger partial charge in [0, 0.05) is 50.9 Å². The van der Waals surface area contributed by atoms with Crippen molar-refractivity contribution in [1.29, 1.82) is 0 Å². The summed E-state index contributed by atoms with van der Waals surface area (Å²) in [4.78, 5) is 26.3. The molecule has 1 aliphatic rings. The van der Waals surface area contributed by atoms with Crippen LogP contribution in [0, 0.1) is 13.8 Å². The highest BCUT2D eigenvalue weighted by Gasteiger charge is 2.27. The second-order valence-corrected chi connectivity index (χ2v) is 7.66.